The molecule has 0 amide bonds. The van der Waals surface area contributed by atoms with Crippen LogP contribution in [0.4, 0.5) is 10.1 Å². The number of aliphatic hydroxyl groups is 1. The van der Waals surface area contributed by atoms with Crippen molar-refractivity contribution in [1.82, 2.24) is 0 Å². The van der Waals surface area contributed by atoms with E-state index in [-0.39, 0.29) is 12.4 Å². The first kappa shape index (κ1) is 13.3. The molecule has 2 nitrogen and oxygen atoms in total. The molecule has 0 saturated carbocycles. The quantitative estimate of drug-likeness (QED) is 0.891. The number of benzene rings is 1. The Labute approximate surface area is 108 Å². The van der Waals surface area contributed by atoms with Crippen molar-refractivity contribution in [2.24, 2.45) is 11.8 Å². The standard InChI is InChI=1S/C15H22FNO/c1-11(2)12-6-8-17(9-7-12)15-5-3-4-14(16)13(15)10-18/h3-5,11-12,18H,6-10H2,1-2H3. The number of hydrogen-bond acceptors (Lipinski definition) is 2. The van der Waals surface area contributed by atoms with E-state index in [2.05, 4.69) is 18.7 Å². The number of aliphatic hydroxyl groups excluding tert-OH is 1. The van der Waals surface area contributed by atoms with Crippen molar-refractivity contribution >= 4 is 5.69 Å². The molecule has 1 fully saturated rings. The smallest absolute Gasteiger partial charge is 0.130 e. The Hall–Kier alpha value is -1.09. The molecule has 1 aromatic carbocycles. The maximum atomic E-state index is 13.6. The van der Waals surface area contributed by atoms with Gasteiger partial charge in [0.25, 0.3) is 0 Å². The van der Waals surface area contributed by atoms with Gasteiger partial charge < -0.3 is 10.0 Å². The molecule has 2 rings (SSSR count). The number of piperidine rings is 1. The lowest BCUT2D eigenvalue weighted by molar-refractivity contribution is 0.274. The molecule has 0 aromatic heterocycles. The maximum absolute atomic E-state index is 13.6. The Bertz CT molecular complexity index is 397. The zero-order chi connectivity index (χ0) is 13.1. The molecule has 1 aromatic rings. The summed E-state index contributed by atoms with van der Waals surface area (Å²) in [5, 5.41) is 9.30. The first-order chi connectivity index (χ1) is 8.63. The Morgan fingerprint density at radius 2 is 2.00 bits per heavy atom. The van der Waals surface area contributed by atoms with Crippen LogP contribution in [0.25, 0.3) is 0 Å². The molecule has 0 atom stereocenters. The monoisotopic (exact) mass is 251 g/mol. The predicted molar refractivity (Wildman–Crippen MR) is 72.1 cm³/mol. The summed E-state index contributed by atoms with van der Waals surface area (Å²) < 4.78 is 13.6. The molecule has 0 aliphatic carbocycles. The number of rotatable bonds is 3. The number of anilines is 1. The third-order valence-electron chi connectivity index (χ3n) is 4.08. The second kappa shape index (κ2) is 5.70. The molecule has 18 heavy (non-hydrogen) atoms. The number of nitrogens with zero attached hydrogens (tertiary/aromatic N) is 1. The fourth-order valence-corrected chi connectivity index (χ4v) is 2.81. The van der Waals surface area contributed by atoms with E-state index in [1.54, 1.807) is 6.07 Å². The van der Waals surface area contributed by atoms with E-state index in [1.807, 2.05) is 6.07 Å². The average molecular weight is 251 g/mol. The fraction of sp³-hybridized carbons (Fsp3) is 0.600. The van der Waals surface area contributed by atoms with Crippen molar-refractivity contribution in [2.45, 2.75) is 33.3 Å². The zero-order valence-electron chi connectivity index (χ0n) is 11.2. The van der Waals surface area contributed by atoms with Gasteiger partial charge in [-0.1, -0.05) is 19.9 Å². The van der Waals surface area contributed by atoms with E-state index in [0.29, 0.717) is 5.56 Å². The lowest BCUT2D eigenvalue weighted by atomic mass is 9.86. The van der Waals surface area contributed by atoms with Crippen LogP contribution in [-0.4, -0.2) is 18.2 Å². The highest BCUT2D eigenvalue weighted by Gasteiger charge is 2.23. The molecule has 1 N–H and O–H groups in total. The van der Waals surface area contributed by atoms with Crippen molar-refractivity contribution < 1.29 is 9.50 Å². The Balaban J connectivity index is 2.12. The highest BCUT2D eigenvalue weighted by atomic mass is 19.1. The van der Waals surface area contributed by atoms with Gasteiger partial charge in [-0.2, -0.15) is 0 Å². The van der Waals surface area contributed by atoms with Crippen LogP contribution in [0.2, 0.25) is 0 Å². The molecule has 100 valence electrons. The molecule has 0 bridgehead atoms. The minimum atomic E-state index is -0.305. The molecule has 1 heterocycles. The molecule has 1 aliphatic heterocycles. The van der Waals surface area contributed by atoms with Crippen LogP contribution in [0.15, 0.2) is 18.2 Å². The van der Waals surface area contributed by atoms with Crippen molar-refractivity contribution in [3.8, 4) is 0 Å². The third-order valence-corrected chi connectivity index (χ3v) is 4.08. The Morgan fingerprint density at radius 1 is 1.33 bits per heavy atom. The summed E-state index contributed by atoms with van der Waals surface area (Å²) in [5.41, 5.74) is 1.29. The van der Waals surface area contributed by atoms with E-state index in [4.69, 9.17) is 0 Å². The Kier molecular flexibility index (Phi) is 4.23. The van der Waals surface area contributed by atoms with Crippen molar-refractivity contribution in [2.75, 3.05) is 18.0 Å². The van der Waals surface area contributed by atoms with E-state index < -0.39 is 0 Å². The third kappa shape index (κ3) is 2.66. The van der Waals surface area contributed by atoms with Gasteiger partial charge >= 0.3 is 0 Å². The van der Waals surface area contributed by atoms with Crippen LogP contribution in [0.1, 0.15) is 32.3 Å². The lowest BCUT2D eigenvalue weighted by Gasteiger charge is -2.36. The van der Waals surface area contributed by atoms with Gasteiger partial charge in [0.1, 0.15) is 5.82 Å². The largest absolute Gasteiger partial charge is 0.391 e. The molecule has 0 unspecified atom stereocenters. The number of halogens is 1. The van der Waals surface area contributed by atoms with Gasteiger partial charge in [-0.3, -0.25) is 0 Å². The zero-order valence-corrected chi connectivity index (χ0v) is 11.2. The summed E-state index contributed by atoms with van der Waals surface area (Å²) >= 11 is 0. The molecular weight excluding hydrogens is 229 g/mol. The van der Waals surface area contributed by atoms with Crippen LogP contribution >= 0.6 is 0 Å². The molecule has 0 radical (unpaired) electrons. The normalized spacial score (nSPS) is 17.5. The minimum Gasteiger partial charge on any atom is -0.391 e. The summed E-state index contributed by atoms with van der Waals surface area (Å²) in [6, 6.07) is 5.04. The van der Waals surface area contributed by atoms with Gasteiger partial charge in [0.05, 0.1) is 6.61 Å². The Morgan fingerprint density at radius 3 is 2.56 bits per heavy atom. The molecule has 0 spiro atoms. The highest BCUT2D eigenvalue weighted by molar-refractivity contribution is 5.54. The summed E-state index contributed by atoms with van der Waals surface area (Å²) in [4.78, 5) is 2.20. The second-order valence-electron chi connectivity index (χ2n) is 5.46. The van der Waals surface area contributed by atoms with Crippen molar-refractivity contribution in [3.63, 3.8) is 0 Å². The summed E-state index contributed by atoms with van der Waals surface area (Å²) in [5.74, 6) is 1.19. The first-order valence-corrected chi connectivity index (χ1v) is 6.76. The van der Waals surface area contributed by atoms with E-state index in [1.165, 1.54) is 6.07 Å². The van der Waals surface area contributed by atoms with Gasteiger partial charge in [0.2, 0.25) is 0 Å². The van der Waals surface area contributed by atoms with Gasteiger partial charge in [0, 0.05) is 24.3 Å². The molecule has 1 aliphatic rings. The van der Waals surface area contributed by atoms with Crippen LogP contribution in [-0.2, 0) is 6.61 Å². The van der Waals surface area contributed by atoms with Crippen LogP contribution in [0.5, 0.6) is 0 Å². The van der Waals surface area contributed by atoms with Crippen molar-refractivity contribution in [3.05, 3.63) is 29.6 Å². The summed E-state index contributed by atoms with van der Waals surface area (Å²) in [6.45, 7) is 6.22. The minimum absolute atomic E-state index is 0.230. The van der Waals surface area contributed by atoms with Gasteiger partial charge in [-0.25, -0.2) is 4.39 Å². The van der Waals surface area contributed by atoms with E-state index in [0.717, 1.165) is 43.5 Å². The van der Waals surface area contributed by atoms with Crippen LogP contribution in [0, 0.1) is 17.7 Å². The topological polar surface area (TPSA) is 23.5 Å². The molecule has 3 heteroatoms. The fourth-order valence-electron chi connectivity index (χ4n) is 2.81. The van der Waals surface area contributed by atoms with E-state index >= 15 is 0 Å². The van der Waals surface area contributed by atoms with Crippen LogP contribution < -0.4 is 4.90 Å². The molecule has 1 saturated heterocycles. The van der Waals surface area contributed by atoms with E-state index in [9.17, 15) is 9.50 Å². The summed E-state index contributed by atoms with van der Waals surface area (Å²) in [6.07, 6.45) is 2.30. The number of hydrogen-bond donors (Lipinski definition) is 1. The highest BCUT2D eigenvalue weighted by Crippen LogP contribution is 2.30. The average Bonchev–Trinajstić information content (AvgIpc) is 2.38. The van der Waals surface area contributed by atoms with Gasteiger partial charge in [-0.05, 0) is 36.8 Å². The maximum Gasteiger partial charge on any atom is 0.130 e. The molecular formula is C15H22FNO. The van der Waals surface area contributed by atoms with Crippen LogP contribution in [0.3, 0.4) is 0 Å². The van der Waals surface area contributed by atoms with Gasteiger partial charge in [-0.15, -0.1) is 0 Å². The predicted octanol–water partition coefficient (Wildman–Crippen LogP) is 3.19. The second-order valence-corrected chi connectivity index (χ2v) is 5.46. The SMILES string of the molecule is CC(C)C1CCN(c2cccc(F)c2CO)CC1. The summed E-state index contributed by atoms with van der Waals surface area (Å²) in [7, 11) is 0. The van der Waals surface area contributed by atoms with Gasteiger partial charge in [0.15, 0.2) is 0 Å². The lowest BCUT2D eigenvalue weighted by Crippen LogP contribution is -2.35. The van der Waals surface area contributed by atoms with Crippen molar-refractivity contribution in [1.29, 1.82) is 0 Å². The first-order valence-electron chi connectivity index (χ1n) is 6.76.